The number of nitrogens with zero attached hydrogens (tertiary/aromatic N) is 2. The fraction of sp³-hybridized carbons (Fsp3) is 0.0500. The molecular formula is C20H14BrN3. The normalized spacial score (nSPS) is 15.6. The summed E-state index contributed by atoms with van der Waals surface area (Å²) in [5.74, 6) is 1.01. The molecule has 5 rings (SSSR count). The van der Waals surface area contributed by atoms with E-state index < -0.39 is 0 Å². The zero-order chi connectivity index (χ0) is 16.1. The first-order valence-corrected chi connectivity index (χ1v) is 8.69. The molecule has 2 heterocycles. The van der Waals surface area contributed by atoms with Crippen LogP contribution in [0, 0.1) is 0 Å². The van der Waals surface area contributed by atoms with Gasteiger partial charge in [-0.05, 0) is 42.0 Å². The van der Waals surface area contributed by atoms with E-state index in [4.69, 9.17) is 4.98 Å². The molecule has 1 aliphatic heterocycles. The third-order valence-corrected chi connectivity index (χ3v) is 5.03. The highest BCUT2D eigenvalue weighted by Crippen LogP contribution is 2.40. The summed E-state index contributed by atoms with van der Waals surface area (Å²) in [6, 6.07) is 25.1. The first-order chi connectivity index (χ1) is 11.8. The number of hydrogen-bond acceptors (Lipinski definition) is 2. The zero-order valence-corrected chi connectivity index (χ0v) is 14.4. The predicted octanol–water partition coefficient (Wildman–Crippen LogP) is 5.44. The van der Waals surface area contributed by atoms with E-state index in [1.54, 1.807) is 0 Å². The highest BCUT2D eigenvalue weighted by atomic mass is 79.9. The van der Waals surface area contributed by atoms with Gasteiger partial charge >= 0.3 is 0 Å². The van der Waals surface area contributed by atoms with Crippen molar-refractivity contribution in [2.45, 2.75) is 6.17 Å². The molecule has 1 atom stereocenters. The van der Waals surface area contributed by atoms with Crippen molar-refractivity contribution in [1.82, 2.24) is 9.55 Å². The van der Waals surface area contributed by atoms with Crippen molar-refractivity contribution in [1.29, 1.82) is 0 Å². The highest BCUT2D eigenvalue weighted by molar-refractivity contribution is 9.10. The van der Waals surface area contributed by atoms with E-state index in [1.807, 2.05) is 6.07 Å². The van der Waals surface area contributed by atoms with E-state index >= 15 is 0 Å². The van der Waals surface area contributed by atoms with Crippen LogP contribution in [0.1, 0.15) is 11.7 Å². The number of para-hydroxylation sites is 3. The molecule has 0 fully saturated rings. The third-order valence-electron chi connectivity index (χ3n) is 4.50. The fourth-order valence-corrected chi connectivity index (χ4v) is 3.65. The van der Waals surface area contributed by atoms with Crippen LogP contribution in [0.15, 0.2) is 77.3 Å². The van der Waals surface area contributed by atoms with Crippen molar-refractivity contribution in [2.24, 2.45) is 0 Å². The summed E-state index contributed by atoms with van der Waals surface area (Å²) in [5, 5.41) is 3.67. The van der Waals surface area contributed by atoms with Crippen molar-refractivity contribution in [3.05, 3.63) is 82.8 Å². The number of nitrogens with one attached hydrogen (secondary N) is 1. The Morgan fingerprint density at radius 1 is 0.875 bits per heavy atom. The molecule has 0 aliphatic carbocycles. The molecule has 0 saturated heterocycles. The molecule has 24 heavy (non-hydrogen) atoms. The SMILES string of the molecule is Brc1ccc([C@@H]2Nc3ccccc3-c3nc4ccccc4n32)cc1. The number of anilines is 1. The van der Waals surface area contributed by atoms with E-state index in [0.717, 1.165) is 32.6 Å². The van der Waals surface area contributed by atoms with Gasteiger partial charge in [0.1, 0.15) is 12.0 Å². The van der Waals surface area contributed by atoms with Crippen LogP contribution in [0.5, 0.6) is 0 Å². The monoisotopic (exact) mass is 375 g/mol. The second-order valence-corrected chi connectivity index (χ2v) is 6.85. The number of halogens is 1. The van der Waals surface area contributed by atoms with Gasteiger partial charge in [0.05, 0.1) is 11.0 Å². The second-order valence-electron chi connectivity index (χ2n) is 5.94. The molecule has 0 amide bonds. The maximum Gasteiger partial charge on any atom is 0.145 e. The fourth-order valence-electron chi connectivity index (χ4n) is 3.39. The lowest BCUT2D eigenvalue weighted by atomic mass is 10.1. The lowest BCUT2D eigenvalue weighted by Gasteiger charge is -2.30. The average molecular weight is 376 g/mol. The standard InChI is InChI=1S/C20H14BrN3/c21-14-11-9-13(10-12-14)19-22-16-6-2-1-5-15(16)20-23-17-7-3-4-8-18(17)24(19)20/h1-12,19,22H/t19-/m1/s1. The van der Waals surface area contributed by atoms with E-state index in [0.29, 0.717) is 0 Å². The molecule has 3 aromatic carbocycles. The van der Waals surface area contributed by atoms with Crippen LogP contribution < -0.4 is 5.32 Å². The Bertz CT molecular complexity index is 1050. The van der Waals surface area contributed by atoms with Gasteiger partial charge in [0.25, 0.3) is 0 Å². The highest BCUT2D eigenvalue weighted by Gasteiger charge is 2.27. The Morgan fingerprint density at radius 3 is 2.50 bits per heavy atom. The number of hydrogen-bond donors (Lipinski definition) is 1. The minimum absolute atomic E-state index is 0.0235. The van der Waals surface area contributed by atoms with Crippen LogP contribution in [-0.4, -0.2) is 9.55 Å². The van der Waals surface area contributed by atoms with Crippen molar-refractivity contribution < 1.29 is 0 Å². The molecule has 0 bridgehead atoms. The first kappa shape index (κ1) is 13.8. The van der Waals surface area contributed by atoms with Crippen LogP contribution in [0.25, 0.3) is 22.4 Å². The van der Waals surface area contributed by atoms with Gasteiger partial charge in [-0.25, -0.2) is 4.98 Å². The lowest BCUT2D eigenvalue weighted by Crippen LogP contribution is -2.24. The summed E-state index contributed by atoms with van der Waals surface area (Å²) in [5.41, 5.74) is 5.63. The third kappa shape index (κ3) is 2.00. The van der Waals surface area contributed by atoms with Crippen molar-refractivity contribution in [3.63, 3.8) is 0 Å². The number of benzene rings is 3. The molecule has 0 unspecified atom stereocenters. The minimum Gasteiger partial charge on any atom is -0.361 e. The number of aromatic nitrogens is 2. The van der Waals surface area contributed by atoms with E-state index in [1.165, 1.54) is 5.56 Å². The van der Waals surface area contributed by atoms with Gasteiger partial charge in [0.15, 0.2) is 0 Å². The van der Waals surface area contributed by atoms with Crippen LogP contribution in [0.4, 0.5) is 5.69 Å². The first-order valence-electron chi connectivity index (χ1n) is 7.90. The van der Waals surface area contributed by atoms with E-state index in [9.17, 15) is 0 Å². The molecule has 1 aliphatic rings. The predicted molar refractivity (Wildman–Crippen MR) is 101 cm³/mol. The van der Waals surface area contributed by atoms with Crippen LogP contribution in [-0.2, 0) is 0 Å². The molecule has 0 radical (unpaired) electrons. The summed E-state index contributed by atoms with van der Waals surface area (Å²) in [4.78, 5) is 4.90. The van der Waals surface area contributed by atoms with Gasteiger partial charge in [0, 0.05) is 15.7 Å². The summed E-state index contributed by atoms with van der Waals surface area (Å²) >= 11 is 3.52. The van der Waals surface area contributed by atoms with Gasteiger partial charge in [-0.1, -0.05) is 52.3 Å². The van der Waals surface area contributed by atoms with Gasteiger partial charge in [-0.2, -0.15) is 0 Å². The van der Waals surface area contributed by atoms with E-state index in [-0.39, 0.29) is 6.17 Å². The maximum atomic E-state index is 4.90. The molecular weight excluding hydrogens is 362 g/mol. The van der Waals surface area contributed by atoms with Gasteiger partial charge in [-0.3, -0.25) is 4.57 Å². The van der Waals surface area contributed by atoms with Crippen molar-refractivity contribution >= 4 is 32.7 Å². The molecule has 1 N–H and O–H groups in total. The molecule has 4 heteroatoms. The Labute approximate surface area is 148 Å². The summed E-state index contributed by atoms with van der Waals surface area (Å²) in [6.07, 6.45) is 0.0235. The summed E-state index contributed by atoms with van der Waals surface area (Å²) in [6.45, 7) is 0. The van der Waals surface area contributed by atoms with Crippen molar-refractivity contribution in [2.75, 3.05) is 5.32 Å². The Morgan fingerprint density at radius 2 is 1.62 bits per heavy atom. The van der Waals surface area contributed by atoms with Crippen LogP contribution >= 0.6 is 15.9 Å². The molecule has 0 saturated carbocycles. The Kier molecular flexibility index (Phi) is 3.00. The molecule has 3 nitrogen and oxygen atoms in total. The number of fused-ring (bicyclic) bond motifs is 5. The van der Waals surface area contributed by atoms with E-state index in [2.05, 4.69) is 92.5 Å². The lowest BCUT2D eigenvalue weighted by molar-refractivity contribution is 0.669. The minimum atomic E-state index is 0.0235. The summed E-state index contributed by atoms with van der Waals surface area (Å²) in [7, 11) is 0. The quantitative estimate of drug-likeness (QED) is 0.480. The van der Waals surface area contributed by atoms with Gasteiger partial charge in [0.2, 0.25) is 0 Å². The number of rotatable bonds is 1. The van der Waals surface area contributed by atoms with Crippen LogP contribution in [0.3, 0.4) is 0 Å². The van der Waals surface area contributed by atoms with Gasteiger partial charge in [-0.15, -0.1) is 0 Å². The number of imidazole rings is 1. The molecule has 0 spiro atoms. The molecule has 1 aromatic heterocycles. The molecule has 4 aromatic rings. The average Bonchev–Trinajstić information content (AvgIpc) is 3.02. The van der Waals surface area contributed by atoms with Crippen LogP contribution in [0.2, 0.25) is 0 Å². The Balaban J connectivity index is 1.81. The summed E-state index contributed by atoms with van der Waals surface area (Å²) < 4.78 is 3.37. The smallest absolute Gasteiger partial charge is 0.145 e. The maximum absolute atomic E-state index is 4.90. The largest absolute Gasteiger partial charge is 0.361 e. The molecule has 116 valence electrons. The van der Waals surface area contributed by atoms with Gasteiger partial charge < -0.3 is 5.32 Å². The zero-order valence-electron chi connectivity index (χ0n) is 12.8. The topological polar surface area (TPSA) is 29.9 Å². The Hall–Kier alpha value is -2.59. The second kappa shape index (κ2) is 5.21. The van der Waals surface area contributed by atoms with Crippen molar-refractivity contribution in [3.8, 4) is 11.4 Å².